The number of aliphatic carboxylic acids is 1. The van der Waals surface area contributed by atoms with E-state index in [-0.39, 0.29) is 28.4 Å². The largest absolute Gasteiger partial charge is 0.508 e. The smallest absolute Gasteiger partial charge is 0.320 e. The summed E-state index contributed by atoms with van der Waals surface area (Å²) in [6.07, 6.45) is 0.975. The lowest BCUT2D eigenvalue weighted by Crippen LogP contribution is -2.34. The monoisotopic (exact) mass is 460 g/mol. The molecule has 3 aromatic rings. The molecule has 0 amide bonds. The normalized spacial score (nSPS) is 11.3. The molecule has 11 N–H and O–H groups in total. The number of phenolic OH excluding ortho intramolecular Hbond substituents is 4. The summed E-state index contributed by atoms with van der Waals surface area (Å²) in [6.45, 7) is 0.482. The lowest BCUT2D eigenvalue weighted by molar-refractivity contribution is -0.138. The van der Waals surface area contributed by atoms with Gasteiger partial charge in [-0.25, -0.2) is 0 Å². The summed E-state index contributed by atoms with van der Waals surface area (Å²) in [5.41, 5.74) is 10.1. The van der Waals surface area contributed by atoms with Gasteiger partial charge in [-0.2, -0.15) is 0 Å². The van der Waals surface area contributed by atoms with E-state index in [4.69, 9.17) is 26.4 Å². The molecule has 0 bridgehead atoms. The first kappa shape index (κ1) is 24.8. The number of carboxylic acids is 1. The molecule has 0 spiro atoms. The summed E-state index contributed by atoms with van der Waals surface area (Å²) < 4.78 is 5.47. The second kappa shape index (κ2) is 10.7. The molecule has 12 heteroatoms. The molecule has 1 heterocycles. The Labute approximate surface area is 186 Å². The Morgan fingerprint density at radius 1 is 1.09 bits per heavy atom. The second-order valence-electron chi connectivity index (χ2n) is 6.92. The van der Waals surface area contributed by atoms with Gasteiger partial charge in [0, 0.05) is 24.2 Å². The van der Waals surface area contributed by atoms with E-state index in [1.165, 1.54) is 12.1 Å². The highest BCUT2D eigenvalue weighted by Crippen LogP contribution is 2.40. The average molecular weight is 460 g/mol. The van der Waals surface area contributed by atoms with Gasteiger partial charge in [-0.1, -0.05) is 0 Å². The van der Waals surface area contributed by atoms with E-state index in [0.717, 1.165) is 12.1 Å². The maximum absolute atomic E-state index is 12.1. The summed E-state index contributed by atoms with van der Waals surface area (Å²) >= 11 is 0. The van der Waals surface area contributed by atoms with Crippen LogP contribution in [0.4, 0.5) is 0 Å². The first-order valence-electron chi connectivity index (χ1n) is 9.58. The maximum atomic E-state index is 12.1. The van der Waals surface area contributed by atoms with Crippen molar-refractivity contribution in [3.8, 4) is 34.3 Å². The lowest BCUT2D eigenvalue weighted by Gasteiger charge is -2.07. The minimum absolute atomic E-state index is 0.0571. The van der Waals surface area contributed by atoms with Crippen molar-refractivity contribution >= 4 is 22.9 Å². The van der Waals surface area contributed by atoms with Gasteiger partial charge in [0.2, 0.25) is 5.75 Å². The van der Waals surface area contributed by atoms with Gasteiger partial charge in [0.15, 0.2) is 22.9 Å². The molecule has 176 valence electrons. The van der Waals surface area contributed by atoms with Crippen molar-refractivity contribution in [1.29, 1.82) is 5.41 Å². The van der Waals surface area contributed by atoms with Crippen LogP contribution in [0.15, 0.2) is 45.6 Å². The number of phenols is 4. The van der Waals surface area contributed by atoms with Crippen LogP contribution in [-0.4, -0.2) is 50.0 Å². The van der Waals surface area contributed by atoms with E-state index in [0.29, 0.717) is 24.9 Å². The zero-order valence-electron chi connectivity index (χ0n) is 17.3. The molecule has 1 aromatic heterocycles. The number of nitrogens with two attached hydrogens (primary N) is 2. The summed E-state index contributed by atoms with van der Waals surface area (Å²) in [6, 6.07) is 7.37. The van der Waals surface area contributed by atoms with Crippen molar-refractivity contribution < 1.29 is 34.7 Å². The highest BCUT2D eigenvalue weighted by molar-refractivity contribution is 5.89. The third-order valence-electron chi connectivity index (χ3n) is 4.42. The SMILES string of the molecule is N=C(N)NCCCC(N)C(=O)O.O=c1cc(-c2ccc(O)cc2)oc2cc(O)c(O)c(O)c12. The Hall–Kier alpha value is -4.45. The number of hydrogen-bond donors (Lipinski definition) is 9. The molecule has 2 aromatic carbocycles. The molecule has 0 saturated heterocycles. The number of nitrogens with one attached hydrogen (secondary N) is 2. The molecule has 1 unspecified atom stereocenters. The number of hydrogen-bond acceptors (Lipinski definition) is 9. The number of carboxylic acid groups (broad SMARTS) is 1. The van der Waals surface area contributed by atoms with E-state index in [1.807, 2.05) is 0 Å². The fourth-order valence-electron chi connectivity index (χ4n) is 2.72. The number of benzene rings is 2. The van der Waals surface area contributed by atoms with Gasteiger partial charge < -0.3 is 46.7 Å². The van der Waals surface area contributed by atoms with Gasteiger partial charge in [-0.05, 0) is 37.1 Å². The molecule has 0 aliphatic rings. The van der Waals surface area contributed by atoms with Crippen molar-refractivity contribution in [2.75, 3.05) is 6.54 Å². The van der Waals surface area contributed by atoms with Crippen LogP contribution in [-0.2, 0) is 4.79 Å². The van der Waals surface area contributed by atoms with E-state index in [1.54, 1.807) is 12.1 Å². The van der Waals surface area contributed by atoms with Crippen LogP contribution in [0.1, 0.15) is 12.8 Å². The summed E-state index contributed by atoms with van der Waals surface area (Å²) in [7, 11) is 0. The van der Waals surface area contributed by atoms with Crippen molar-refractivity contribution in [1.82, 2.24) is 5.32 Å². The van der Waals surface area contributed by atoms with Gasteiger partial charge >= 0.3 is 5.97 Å². The number of rotatable bonds is 6. The van der Waals surface area contributed by atoms with Gasteiger partial charge in [0.25, 0.3) is 0 Å². The fraction of sp³-hybridized carbons (Fsp3) is 0.190. The molecule has 0 fully saturated rings. The van der Waals surface area contributed by atoms with Gasteiger partial charge in [0.05, 0.1) is 0 Å². The Kier molecular flexibility index (Phi) is 8.07. The molecule has 3 rings (SSSR count). The summed E-state index contributed by atoms with van der Waals surface area (Å²) in [5.74, 6) is -2.93. The van der Waals surface area contributed by atoms with Crippen molar-refractivity contribution in [2.24, 2.45) is 11.5 Å². The molecule has 33 heavy (non-hydrogen) atoms. The number of guanidine groups is 1. The molecular weight excluding hydrogens is 436 g/mol. The van der Waals surface area contributed by atoms with Crippen LogP contribution in [0.3, 0.4) is 0 Å². The van der Waals surface area contributed by atoms with Crippen LogP contribution >= 0.6 is 0 Å². The minimum Gasteiger partial charge on any atom is -0.508 e. The van der Waals surface area contributed by atoms with Crippen molar-refractivity contribution in [3.63, 3.8) is 0 Å². The predicted molar refractivity (Wildman–Crippen MR) is 119 cm³/mol. The van der Waals surface area contributed by atoms with Gasteiger partial charge in [-0.3, -0.25) is 15.0 Å². The van der Waals surface area contributed by atoms with Gasteiger partial charge in [0.1, 0.15) is 28.5 Å². The predicted octanol–water partition coefficient (Wildman–Crippen LogP) is 0.944. The second-order valence-corrected chi connectivity index (χ2v) is 6.92. The third-order valence-corrected chi connectivity index (χ3v) is 4.42. The Bertz CT molecular complexity index is 1210. The highest BCUT2D eigenvalue weighted by atomic mass is 16.4. The van der Waals surface area contributed by atoms with Crippen LogP contribution in [0.5, 0.6) is 23.0 Å². The summed E-state index contributed by atoms with van der Waals surface area (Å²) in [4.78, 5) is 22.3. The number of carbonyl (C=O) groups is 1. The molecule has 0 radical (unpaired) electrons. The Morgan fingerprint density at radius 2 is 1.73 bits per heavy atom. The number of aromatic hydroxyl groups is 4. The first-order valence-corrected chi connectivity index (χ1v) is 9.58. The van der Waals surface area contributed by atoms with Crippen LogP contribution in [0, 0.1) is 5.41 Å². The minimum atomic E-state index is -1.00. The molecule has 1 atom stereocenters. The van der Waals surface area contributed by atoms with Crippen LogP contribution in [0.25, 0.3) is 22.3 Å². The zero-order valence-corrected chi connectivity index (χ0v) is 17.3. The highest BCUT2D eigenvalue weighted by Gasteiger charge is 2.17. The van der Waals surface area contributed by atoms with E-state index in [2.05, 4.69) is 5.32 Å². The van der Waals surface area contributed by atoms with E-state index >= 15 is 0 Å². The van der Waals surface area contributed by atoms with Crippen LogP contribution < -0.4 is 22.2 Å². The van der Waals surface area contributed by atoms with Crippen molar-refractivity contribution in [2.45, 2.75) is 18.9 Å². The quantitative estimate of drug-likeness (QED) is 0.109. The van der Waals surface area contributed by atoms with E-state index in [9.17, 15) is 30.0 Å². The zero-order chi connectivity index (χ0) is 24.7. The topological polar surface area (TPSA) is 236 Å². The first-order chi connectivity index (χ1) is 15.5. The molecule has 0 aliphatic heterocycles. The van der Waals surface area contributed by atoms with Crippen molar-refractivity contribution in [3.05, 3.63) is 46.6 Å². The van der Waals surface area contributed by atoms with Crippen LogP contribution in [0.2, 0.25) is 0 Å². The average Bonchev–Trinajstić information content (AvgIpc) is 2.75. The molecular formula is C21H24N4O8. The lowest BCUT2D eigenvalue weighted by atomic mass is 10.1. The maximum Gasteiger partial charge on any atom is 0.320 e. The van der Waals surface area contributed by atoms with Gasteiger partial charge in [-0.15, -0.1) is 0 Å². The van der Waals surface area contributed by atoms with E-state index < -0.39 is 34.7 Å². The molecule has 0 saturated carbocycles. The third kappa shape index (κ3) is 6.51. The number of fused-ring (bicyclic) bond motifs is 1. The Balaban J connectivity index is 0.000000277. The standard InChI is InChI=1S/C15H10O6.C6H14N4O2/c16-8-3-1-7(2-4-8)11-5-9(17)13-12(21-11)6-10(18)14(19)15(13)20;7-4(5(11)12)2-1-3-10-6(8)9/h1-6,16,18-20H;4H,1-3,7H2,(H,11,12)(H4,8,9,10). The Morgan fingerprint density at radius 3 is 2.30 bits per heavy atom. The molecule has 0 aliphatic carbocycles. The fourth-order valence-corrected chi connectivity index (χ4v) is 2.72. The summed E-state index contributed by atoms with van der Waals surface area (Å²) in [5, 5.41) is 55.4. The molecule has 12 nitrogen and oxygen atoms in total.